The van der Waals surface area contributed by atoms with Crippen molar-refractivity contribution in [1.29, 1.82) is 0 Å². The van der Waals surface area contributed by atoms with Crippen molar-refractivity contribution in [2.24, 2.45) is 0 Å². The summed E-state index contributed by atoms with van der Waals surface area (Å²) in [4.78, 5) is 10.9. The molecule has 152 valence electrons. The molecule has 0 aliphatic heterocycles. The van der Waals surface area contributed by atoms with Gasteiger partial charge in [0.05, 0.1) is 0 Å². The molecule has 0 fully saturated rings. The van der Waals surface area contributed by atoms with Gasteiger partial charge >= 0.3 is 6.18 Å². The second-order valence-electron chi connectivity index (χ2n) is 6.52. The van der Waals surface area contributed by atoms with E-state index in [0.29, 0.717) is 11.4 Å². The van der Waals surface area contributed by atoms with Crippen LogP contribution in [0.4, 0.5) is 40.7 Å². The van der Waals surface area contributed by atoms with Crippen molar-refractivity contribution in [3.05, 3.63) is 71.7 Å². The second kappa shape index (κ2) is 8.06. The fourth-order valence-corrected chi connectivity index (χ4v) is 2.84. The fraction of sp³-hybridized carbons (Fsp3) is 0.238. The highest BCUT2D eigenvalue weighted by molar-refractivity contribution is 5.65. The molecular weight excluding hydrogens is 384 g/mol. The van der Waals surface area contributed by atoms with Gasteiger partial charge in [-0.25, -0.2) is 9.37 Å². The Labute approximate surface area is 166 Å². The summed E-state index contributed by atoms with van der Waals surface area (Å²) < 4.78 is 53.9. The summed E-state index contributed by atoms with van der Waals surface area (Å²) in [5.41, 5.74) is 1.27. The van der Waals surface area contributed by atoms with E-state index in [1.807, 2.05) is 19.1 Å². The van der Waals surface area contributed by atoms with Crippen molar-refractivity contribution in [2.45, 2.75) is 19.5 Å². The molecule has 29 heavy (non-hydrogen) atoms. The molecule has 0 aliphatic rings. The number of anilines is 4. The van der Waals surface area contributed by atoms with Crippen molar-refractivity contribution in [2.75, 3.05) is 23.9 Å². The van der Waals surface area contributed by atoms with Crippen LogP contribution in [0.3, 0.4) is 0 Å². The molecule has 1 heterocycles. The van der Waals surface area contributed by atoms with Gasteiger partial charge in [0.15, 0.2) is 5.82 Å². The van der Waals surface area contributed by atoms with Gasteiger partial charge in [0.1, 0.15) is 11.4 Å². The van der Waals surface area contributed by atoms with Crippen LogP contribution in [0.15, 0.2) is 54.7 Å². The van der Waals surface area contributed by atoms with E-state index in [0.717, 1.165) is 18.2 Å². The van der Waals surface area contributed by atoms with E-state index in [9.17, 15) is 17.6 Å². The lowest BCUT2D eigenvalue weighted by Crippen LogP contribution is -2.21. The molecule has 1 aromatic heterocycles. The number of alkyl halides is 3. The van der Waals surface area contributed by atoms with Gasteiger partial charge in [-0.15, -0.1) is 0 Å². The standard InChI is InChI=1S/C21H20F4N4/c1-4-14-5-9-16(10-6-14)28(2)19-18(21(23,24)25)13-26-20(27-19)29(3)17-11-7-15(22)8-12-17/h5-13H,4H2,1-3H3. The van der Waals surface area contributed by atoms with Crippen molar-refractivity contribution < 1.29 is 17.6 Å². The Hall–Kier alpha value is -3.16. The van der Waals surface area contributed by atoms with Gasteiger partial charge in [-0.1, -0.05) is 19.1 Å². The highest BCUT2D eigenvalue weighted by atomic mass is 19.4. The third-order valence-corrected chi connectivity index (χ3v) is 4.62. The summed E-state index contributed by atoms with van der Waals surface area (Å²) in [6, 6.07) is 12.8. The second-order valence-corrected chi connectivity index (χ2v) is 6.52. The Kier molecular flexibility index (Phi) is 5.72. The smallest absolute Gasteiger partial charge is 0.329 e. The van der Waals surface area contributed by atoms with E-state index in [2.05, 4.69) is 9.97 Å². The van der Waals surface area contributed by atoms with Crippen LogP contribution in [0.1, 0.15) is 18.1 Å². The molecule has 0 amide bonds. The summed E-state index contributed by atoms with van der Waals surface area (Å²) in [5, 5.41) is 0. The molecule has 4 nitrogen and oxygen atoms in total. The zero-order chi connectivity index (χ0) is 21.2. The third-order valence-electron chi connectivity index (χ3n) is 4.62. The van der Waals surface area contributed by atoms with Crippen LogP contribution in [0.2, 0.25) is 0 Å². The first-order valence-electron chi connectivity index (χ1n) is 8.97. The molecule has 0 aliphatic carbocycles. The topological polar surface area (TPSA) is 32.3 Å². The molecule has 0 N–H and O–H groups in total. The van der Waals surface area contributed by atoms with Gasteiger partial charge < -0.3 is 9.80 Å². The van der Waals surface area contributed by atoms with Crippen LogP contribution in [-0.4, -0.2) is 24.1 Å². The largest absolute Gasteiger partial charge is 0.421 e. The average Bonchev–Trinajstić information content (AvgIpc) is 2.72. The van der Waals surface area contributed by atoms with Gasteiger partial charge in [-0.05, 0) is 48.4 Å². The molecule has 0 spiro atoms. The molecule has 3 rings (SSSR count). The van der Waals surface area contributed by atoms with Crippen molar-refractivity contribution in [3.8, 4) is 0 Å². The first-order chi connectivity index (χ1) is 13.7. The van der Waals surface area contributed by atoms with Crippen molar-refractivity contribution in [3.63, 3.8) is 0 Å². The SMILES string of the molecule is CCc1ccc(N(C)c2nc(N(C)c3ccc(F)cc3)ncc2C(F)(F)F)cc1. The maximum Gasteiger partial charge on any atom is 0.421 e. The Morgan fingerprint density at radius 2 is 1.41 bits per heavy atom. The monoisotopic (exact) mass is 404 g/mol. The highest BCUT2D eigenvalue weighted by Gasteiger charge is 2.37. The molecular formula is C21H20F4N4. The van der Waals surface area contributed by atoms with Gasteiger partial charge in [0.2, 0.25) is 5.95 Å². The van der Waals surface area contributed by atoms with Crippen LogP contribution < -0.4 is 9.80 Å². The minimum absolute atomic E-state index is 0.0663. The molecule has 3 aromatic rings. The van der Waals surface area contributed by atoms with Crippen LogP contribution in [0, 0.1) is 5.82 Å². The molecule has 8 heteroatoms. The zero-order valence-corrected chi connectivity index (χ0v) is 16.2. The van der Waals surface area contributed by atoms with E-state index in [1.54, 1.807) is 19.2 Å². The van der Waals surface area contributed by atoms with Crippen molar-refractivity contribution >= 4 is 23.1 Å². The highest BCUT2D eigenvalue weighted by Crippen LogP contribution is 2.38. The average molecular weight is 404 g/mol. The lowest BCUT2D eigenvalue weighted by atomic mass is 10.1. The van der Waals surface area contributed by atoms with E-state index < -0.39 is 17.6 Å². The number of benzene rings is 2. The van der Waals surface area contributed by atoms with Gasteiger partial charge in [-0.3, -0.25) is 0 Å². The molecule has 0 saturated heterocycles. The van der Waals surface area contributed by atoms with Gasteiger partial charge in [0, 0.05) is 31.7 Å². The molecule has 2 aromatic carbocycles. The summed E-state index contributed by atoms with van der Waals surface area (Å²) in [6.45, 7) is 2.00. The number of nitrogens with zero attached hydrogens (tertiary/aromatic N) is 4. The van der Waals surface area contributed by atoms with E-state index in [1.165, 1.54) is 41.1 Å². The first kappa shape index (κ1) is 20.6. The molecule has 0 unspecified atom stereocenters. The van der Waals surface area contributed by atoms with Crippen LogP contribution in [-0.2, 0) is 12.6 Å². The number of aryl methyl sites for hydroxylation is 1. The summed E-state index contributed by atoms with van der Waals surface area (Å²) in [5.74, 6) is -0.608. The van der Waals surface area contributed by atoms with E-state index >= 15 is 0 Å². The minimum Gasteiger partial charge on any atom is -0.329 e. The summed E-state index contributed by atoms with van der Waals surface area (Å²) in [7, 11) is 3.13. The number of halogens is 4. The molecule has 0 radical (unpaired) electrons. The van der Waals surface area contributed by atoms with Gasteiger partial charge in [-0.2, -0.15) is 18.2 Å². The number of hydrogen-bond acceptors (Lipinski definition) is 4. The lowest BCUT2D eigenvalue weighted by molar-refractivity contribution is -0.137. The van der Waals surface area contributed by atoms with E-state index in [4.69, 9.17) is 0 Å². The maximum atomic E-state index is 13.6. The molecule has 0 saturated carbocycles. The van der Waals surface area contributed by atoms with Crippen LogP contribution in [0.5, 0.6) is 0 Å². The molecule has 0 bridgehead atoms. The number of rotatable bonds is 5. The maximum absolute atomic E-state index is 13.6. The number of hydrogen-bond donors (Lipinski definition) is 0. The van der Waals surface area contributed by atoms with Gasteiger partial charge in [0.25, 0.3) is 0 Å². The van der Waals surface area contributed by atoms with Crippen molar-refractivity contribution in [1.82, 2.24) is 9.97 Å². The Morgan fingerprint density at radius 1 is 0.862 bits per heavy atom. The van der Waals surface area contributed by atoms with Crippen LogP contribution >= 0.6 is 0 Å². The first-order valence-corrected chi connectivity index (χ1v) is 8.97. The lowest BCUT2D eigenvalue weighted by Gasteiger charge is -2.25. The predicted octanol–water partition coefficient (Wildman–Crippen LogP) is 5.73. The Bertz CT molecular complexity index is 969. The summed E-state index contributed by atoms with van der Waals surface area (Å²) in [6.07, 6.45) is -3.01. The Balaban J connectivity index is 2.04. The summed E-state index contributed by atoms with van der Waals surface area (Å²) >= 11 is 0. The van der Waals surface area contributed by atoms with E-state index in [-0.39, 0.29) is 11.8 Å². The minimum atomic E-state index is -4.61. The Morgan fingerprint density at radius 3 is 1.97 bits per heavy atom. The predicted molar refractivity (Wildman–Crippen MR) is 105 cm³/mol. The molecule has 0 atom stereocenters. The zero-order valence-electron chi connectivity index (χ0n) is 16.2. The number of aromatic nitrogens is 2. The quantitative estimate of drug-likeness (QED) is 0.508. The third kappa shape index (κ3) is 4.47. The van der Waals surface area contributed by atoms with Crippen LogP contribution in [0.25, 0.3) is 0 Å². The normalized spacial score (nSPS) is 11.4. The fourth-order valence-electron chi connectivity index (χ4n) is 2.84.